The average molecular weight is 274 g/mol. The Bertz CT molecular complexity index is 331. The fourth-order valence-corrected chi connectivity index (χ4v) is 2.11. The van der Waals surface area contributed by atoms with Gasteiger partial charge in [0.25, 0.3) is 0 Å². The summed E-state index contributed by atoms with van der Waals surface area (Å²) in [5.74, 6) is 1.04. The molecule has 0 saturated carbocycles. The highest BCUT2D eigenvalue weighted by atomic mass is 79.9. The SMILES string of the molecule is CC(C)n1cc(Br)nc1N1CCOCC1. The zero-order valence-corrected chi connectivity index (χ0v) is 10.7. The van der Waals surface area contributed by atoms with E-state index in [1.54, 1.807) is 0 Å². The minimum Gasteiger partial charge on any atom is -0.378 e. The van der Waals surface area contributed by atoms with Gasteiger partial charge in [-0.2, -0.15) is 0 Å². The molecule has 0 radical (unpaired) electrons. The molecule has 0 amide bonds. The van der Waals surface area contributed by atoms with Crippen molar-refractivity contribution in [1.29, 1.82) is 0 Å². The number of anilines is 1. The quantitative estimate of drug-likeness (QED) is 0.827. The molecule has 1 aliphatic rings. The Balaban J connectivity index is 2.25. The van der Waals surface area contributed by atoms with Crippen LogP contribution < -0.4 is 4.90 Å². The first-order chi connectivity index (χ1) is 7.18. The number of nitrogens with zero attached hydrogens (tertiary/aromatic N) is 3. The highest BCUT2D eigenvalue weighted by Crippen LogP contribution is 2.23. The maximum Gasteiger partial charge on any atom is 0.206 e. The molecule has 2 rings (SSSR count). The van der Waals surface area contributed by atoms with Gasteiger partial charge >= 0.3 is 0 Å². The zero-order valence-electron chi connectivity index (χ0n) is 9.11. The van der Waals surface area contributed by atoms with Crippen LogP contribution >= 0.6 is 15.9 Å². The zero-order chi connectivity index (χ0) is 10.8. The molecule has 5 heteroatoms. The van der Waals surface area contributed by atoms with E-state index in [9.17, 15) is 0 Å². The van der Waals surface area contributed by atoms with Gasteiger partial charge in [0.2, 0.25) is 5.95 Å². The number of hydrogen-bond acceptors (Lipinski definition) is 3. The van der Waals surface area contributed by atoms with Crippen molar-refractivity contribution in [2.45, 2.75) is 19.9 Å². The van der Waals surface area contributed by atoms with Crippen LogP contribution in [0.2, 0.25) is 0 Å². The van der Waals surface area contributed by atoms with Crippen LogP contribution in [0.1, 0.15) is 19.9 Å². The number of rotatable bonds is 2. The minimum absolute atomic E-state index is 0.432. The third kappa shape index (κ3) is 2.34. The Morgan fingerprint density at radius 2 is 2.07 bits per heavy atom. The maximum atomic E-state index is 5.34. The van der Waals surface area contributed by atoms with Crippen LogP contribution in [-0.4, -0.2) is 35.9 Å². The van der Waals surface area contributed by atoms with Gasteiger partial charge in [0, 0.05) is 25.3 Å². The Hall–Kier alpha value is -0.550. The predicted octanol–water partition coefficient (Wildman–Crippen LogP) is 2.06. The molecule has 2 heterocycles. The van der Waals surface area contributed by atoms with Crippen LogP contribution in [0.15, 0.2) is 10.8 Å². The maximum absolute atomic E-state index is 5.34. The molecule has 84 valence electrons. The second-order valence-corrected chi connectivity index (χ2v) is 4.78. The van der Waals surface area contributed by atoms with Crippen molar-refractivity contribution < 1.29 is 4.74 Å². The van der Waals surface area contributed by atoms with Crippen molar-refractivity contribution in [3.63, 3.8) is 0 Å². The average Bonchev–Trinajstić information content (AvgIpc) is 2.62. The number of aromatic nitrogens is 2. The molecule has 4 nitrogen and oxygen atoms in total. The molecule has 1 aromatic heterocycles. The Kier molecular flexibility index (Phi) is 3.31. The Morgan fingerprint density at radius 1 is 1.40 bits per heavy atom. The number of ether oxygens (including phenoxy) is 1. The molecule has 0 aromatic carbocycles. The Morgan fingerprint density at radius 3 is 2.67 bits per heavy atom. The lowest BCUT2D eigenvalue weighted by Crippen LogP contribution is -2.38. The molecular weight excluding hydrogens is 258 g/mol. The first-order valence-electron chi connectivity index (χ1n) is 5.25. The standard InChI is InChI=1S/C10H16BrN3O/c1-8(2)14-7-9(11)12-10(14)13-3-5-15-6-4-13/h7-8H,3-6H2,1-2H3. The van der Waals surface area contributed by atoms with E-state index in [1.807, 2.05) is 6.20 Å². The third-order valence-corrected chi connectivity index (χ3v) is 2.92. The molecule has 0 aliphatic carbocycles. The summed E-state index contributed by atoms with van der Waals surface area (Å²) >= 11 is 3.43. The molecule has 0 bridgehead atoms. The first kappa shape index (κ1) is 11.0. The summed E-state index contributed by atoms with van der Waals surface area (Å²) in [6, 6.07) is 0.432. The van der Waals surface area contributed by atoms with E-state index in [4.69, 9.17) is 4.74 Å². The third-order valence-electron chi connectivity index (χ3n) is 2.53. The predicted molar refractivity (Wildman–Crippen MR) is 63.3 cm³/mol. The second-order valence-electron chi connectivity index (χ2n) is 3.96. The van der Waals surface area contributed by atoms with E-state index in [0.717, 1.165) is 36.9 Å². The van der Waals surface area contributed by atoms with Crippen molar-refractivity contribution >= 4 is 21.9 Å². The van der Waals surface area contributed by atoms with Gasteiger partial charge in [-0.3, -0.25) is 0 Å². The normalized spacial score (nSPS) is 17.5. The summed E-state index contributed by atoms with van der Waals surface area (Å²) < 4.78 is 8.43. The highest BCUT2D eigenvalue weighted by Gasteiger charge is 2.18. The van der Waals surface area contributed by atoms with Gasteiger partial charge in [-0.15, -0.1) is 0 Å². The van der Waals surface area contributed by atoms with E-state index in [-0.39, 0.29) is 0 Å². The summed E-state index contributed by atoms with van der Waals surface area (Å²) in [6.45, 7) is 7.77. The largest absolute Gasteiger partial charge is 0.378 e. The van der Waals surface area contributed by atoms with Crippen LogP contribution in [-0.2, 0) is 4.74 Å². The molecule has 1 fully saturated rings. The van der Waals surface area contributed by atoms with E-state index in [2.05, 4.69) is 44.2 Å². The number of morpholine rings is 1. The number of halogens is 1. The molecular formula is C10H16BrN3O. The van der Waals surface area contributed by atoms with Gasteiger partial charge in [-0.05, 0) is 29.8 Å². The summed E-state index contributed by atoms with van der Waals surface area (Å²) in [4.78, 5) is 6.78. The fourth-order valence-electron chi connectivity index (χ4n) is 1.73. The second kappa shape index (κ2) is 4.53. The minimum atomic E-state index is 0.432. The van der Waals surface area contributed by atoms with Gasteiger partial charge in [-0.1, -0.05) is 0 Å². The number of imidazole rings is 1. The summed E-state index contributed by atoms with van der Waals surface area (Å²) in [7, 11) is 0. The molecule has 1 aromatic rings. The van der Waals surface area contributed by atoms with Crippen LogP contribution in [0, 0.1) is 0 Å². The lowest BCUT2D eigenvalue weighted by molar-refractivity contribution is 0.121. The van der Waals surface area contributed by atoms with Crippen molar-refractivity contribution in [3.8, 4) is 0 Å². The fraction of sp³-hybridized carbons (Fsp3) is 0.700. The summed E-state index contributed by atoms with van der Waals surface area (Å²) in [6.07, 6.45) is 2.04. The molecule has 0 spiro atoms. The summed E-state index contributed by atoms with van der Waals surface area (Å²) in [5, 5.41) is 0. The van der Waals surface area contributed by atoms with E-state index in [1.165, 1.54) is 0 Å². The van der Waals surface area contributed by atoms with Crippen LogP contribution in [0.25, 0.3) is 0 Å². The van der Waals surface area contributed by atoms with Gasteiger partial charge in [0.1, 0.15) is 4.60 Å². The van der Waals surface area contributed by atoms with Crippen molar-refractivity contribution in [2.75, 3.05) is 31.2 Å². The van der Waals surface area contributed by atoms with E-state index < -0.39 is 0 Å². The molecule has 1 saturated heterocycles. The van der Waals surface area contributed by atoms with Gasteiger partial charge < -0.3 is 14.2 Å². The molecule has 0 N–H and O–H groups in total. The highest BCUT2D eigenvalue weighted by molar-refractivity contribution is 9.10. The van der Waals surface area contributed by atoms with Crippen molar-refractivity contribution in [3.05, 3.63) is 10.8 Å². The molecule has 0 atom stereocenters. The number of hydrogen-bond donors (Lipinski definition) is 0. The van der Waals surface area contributed by atoms with Gasteiger partial charge in [-0.25, -0.2) is 4.98 Å². The van der Waals surface area contributed by atoms with Crippen molar-refractivity contribution in [2.24, 2.45) is 0 Å². The van der Waals surface area contributed by atoms with Crippen LogP contribution in [0.4, 0.5) is 5.95 Å². The lowest BCUT2D eigenvalue weighted by Gasteiger charge is -2.29. The van der Waals surface area contributed by atoms with Gasteiger partial charge in [0.15, 0.2) is 0 Å². The van der Waals surface area contributed by atoms with Crippen LogP contribution in [0.3, 0.4) is 0 Å². The van der Waals surface area contributed by atoms with Gasteiger partial charge in [0.05, 0.1) is 13.2 Å². The lowest BCUT2D eigenvalue weighted by atomic mass is 10.4. The first-order valence-corrected chi connectivity index (χ1v) is 6.05. The summed E-state index contributed by atoms with van der Waals surface area (Å²) in [5.41, 5.74) is 0. The molecule has 1 aliphatic heterocycles. The van der Waals surface area contributed by atoms with E-state index >= 15 is 0 Å². The van der Waals surface area contributed by atoms with Crippen molar-refractivity contribution in [1.82, 2.24) is 9.55 Å². The smallest absolute Gasteiger partial charge is 0.206 e. The Labute approximate surface area is 98.4 Å². The monoisotopic (exact) mass is 273 g/mol. The van der Waals surface area contributed by atoms with E-state index in [0.29, 0.717) is 6.04 Å². The molecule has 15 heavy (non-hydrogen) atoms. The van der Waals surface area contributed by atoms with Crippen LogP contribution in [0.5, 0.6) is 0 Å². The molecule has 0 unspecified atom stereocenters. The topological polar surface area (TPSA) is 30.3 Å².